The highest BCUT2D eigenvalue weighted by molar-refractivity contribution is 4.74. The molecule has 0 radical (unpaired) electrons. The van der Waals surface area contributed by atoms with E-state index in [9.17, 15) is 0 Å². The van der Waals surface area contributed by atoms with Crippen LogP contribution in [0.3, 0.4) is 0 Å². The maximum Gasteiger partial charge on any atom is 0.00695 e. The van der Waals surface area contributed by atoms with E-state index in [0.717, 1.165) is 11.8 Å². The van der Waals surface area contributed by atoms with Gasteiger partial charge in [0.25, 0.3) is 0 Å². The van der Waals surface area contributed by atoms with Crippen molar-refractivity contribution in [2.24, 2.45) is 17.6 Å². The molecule has 0 bridgehead atoms. The van der Waals surface area contributed by atoms with Crippen molar-refractivity contribution in [3.8, 4) is 0 Å². The molecule has 0 amide bonds. The molecule has 0 saturated carbocycles. The van der Waals surface area contributed by atoms with Gasteiger partial charge in [0.05, 0.1) is 0 Å². The Labute approximate surface area is 96.8 Å². The second-order valence-corrected chi connectivity index (χ2v) is 5.10. The lowest BCUT2D eigenvalue weighted by Gasteiger charge is -2.25. The Bertz CT molecular complexity index is 133. The lowest BCUT2D eigenvalue weighted by Crippen LogP contribution is -2.31. The molecule has 0 aliphatic carbocycles. The molecule has 1 heteroatoms. The molecule has 0 rings (SSSR count). The number of hydrogen-bond donors (Lipinski definition) is 1. The van der Waals surface area contributed by atoms with Crippen LogP contribution in [0.4, 0.5) is 0 Å². The molecule has 0 spiro atoms. The van der Waals surface area contributed by atoms with E-state index in [1.807, 2.05) is 0 Å². The Morgan fingerprint density at radius 1 is 1.00 bits per heavy atom. The van der Waals surface area contributed by atoms with Crippen LogP contribution >= 0.6 is 0 Å². The summed E-state index contributed by atoms with van der Waals surface area (Å²) in [4.78, 5) is 0. The standard InChI is InChI=1S/C14H31N/c1-5-8-10-13(7-3)14(15)11-12(4)9-6-2/h12-14H,5-11,15H2,1-4H3. The van der Waals surface area contributed by atoms with Gasteiger partial charge in [-0.2, -0.15) is 0 Å². The first-order valence-electron chi connectivity index (χ1n) is 6.91. The van der Waals surface area contributed by atoms with E-state index in [2.05, 4.69) is 27.7 Å². The maximum absolute atomic E-state index is 6.30. The Morgan fingerprint density at radius 3 is 2.13 bits per heavy atom. The lowest BCUT2D eigenvalue weighted by molar-refractivity contribution is 0.312. The van der Waals surface area contributed by atoms with Gasteiger partial charge in [-0.25, -0.2) is 0 Å². The van der Waals surface area contributed by atoms with Crippen molar-refractivity contribution < 1.29 is 0 Å². The van der Waals surface area contributed by atoms with Gasteiger partial charge < -0.3 is 5.73 Å². The predicted molar refractivity (Wildman–Crippen MR) is 70.0 cm³/mol. The summed E-state index contributed by atoms with van der Waals surface area (Å²) in [5.41, 5.74) is 6.30. The summed E-state index contributed by atoms with van der Waals surface area (Å²) in [5.74, 6) is 1.56. The Hall–Kier alpha value is -0.0400. The summed E-state index contributed by atoms with van der Waals surface area (Å²) in [6.45, 7) is 9.15. The molecule has 0 aromatic carbocycles. The minimum Gasteiger partial charge on any atom is -0.327 e. The minimum absolute atomic E-state index is 0.433. The van der Waals surface area contributed by atoms with Gasteiger partial charge in [-0.1, -0.05) is 59.8 Å². The SMILES string of the molecule is CCCCC(CC)C(N)CC(C)CCC. The third kappa shape index (κ3) is 6.94. The molecule has 0 heterocycles. The van der Waals surface area contributed by atoms with Crippen LogP contribution in [-0.4, -0.2) is 6.04 Å². The molecule has 0 fully saturated rings. The zero-order chi connectivity index (χ0) is 11.7. The maximum atomic E-state index is 6.30. The molecular weight excluding hydrogens is 182 g/mol. The van der Waals surface area contributed by atoms with Crippen molar-refractivity contribution in [3.05, 3.63) is 0 Å². The molecule has 2 N–H and O–H groups in total. The quantitative estimate of drug-likeness (QED) is 0.605. The monoisotopic (exact) mass is 213 g/mol. The van der Waals surface area contributed by atoms with Crippen LogP contribution in [0.5, 0.6) is 0 Å². The van der Waals surface area contributed by atoms with Crippen LogP contribution in [0.15, 0.2) is 0 Å². The van der Waals surface area contributed by atoms with Crippen LogP contribution in [0.25, 0.3) is 0 Å². The summed E-state index contributed by atoms with van der Waals surface area (Å²) in [5, 5.41) is 0. The molecule has 0 aliphatic heterocycles. The first-order chi connectivity index (χ1) is 7.15. The predicted octanol–water partition coefficient (Wildman–Crippen LogP) is 4.36. The van der Waals surface area contributed by atoms with Crippen LogP contribution in [0, 0.1) is 11.8 Å². The second-order valence-electron chi connectivity index (χ2n) is 5.10. The topological polar surface area (TPSA) is 26.0 Å². The van der Waals surface area contributed by atoms with E-state index in [-0.39, 0.29) is 0 Å². The van der Waals surface area contributed by atoms with Crippen LogP contribution < -0.4 is 5.73 Å². The lowest BCUT2D eigenvalue weighted by atomic mass is 9.85. The normalized spacial score (nSPS) is 17.4. The van der Waals surface area contributed by atoms with E-state index >= 15 is 0 Å². The van der Waals surface area contributed by atoms with Crippen LogP contribution in [0.2, 0.25) is 0 Å². The van der Waals surface area contributed by atoms with Gasteiger partial charge in [0, 0.05) is 6.04 Å². The highest BCUT2D eigenvalue weighted by Crippen LogP contribution is 2.22. The average Bonchev–Trinajstić information content (AvgIpc) is 2.19. The molecule has 15 heavy (non-hydrogen) atoms. The molecule has 0 aromatic rings. The summed E-state index contributed by atoms with van der Waals surface area (Å²) < 4.78 is 0. The van der Waals surface area contributed by atoms with Crippen molar-refractivity contribution >= 4 is 0 Å². The van der Waals surface area contributed by atoms with E-state index < -0.39 is 0 Å². The highest BCUT2D eigenvalue weighted by Gasteiger charge is 2.17. The zero-order valence-electron chi connectivity index (χ0n) is 11.3. The molecule has 1 nitrogen and oxygen atoms in total. The summed E-state index contributed by atoms with van der Waals surface area (Å²) in [7, 11) is 0. The Kier molecular flexibility index (Phi) is 9.18. The van der Waals surface area contributed by atoms with Gasteiger partial charge in [-0.15, -0.1) is 0 Å². The second kappa shape index (κ2) is 9.21. The Morgan fingerprint density at radius 2 is 1.67 bits per heavy atom. The molecule has 3 unspecified atom stereocenters. The fraction of sp³-hybridized carbons (Fsp3) is 1.00. The summed E-state index contributed by atoms with van der Waals surface area (Å²) in [6, 6.07) is 0.433. The number of nitrogens with two attached hydrogens (primary N) is 1. The fourth-order valence-electron chi connectivity index (χ4n) is 2.45. The van der Waals surface area contributed by atoms with Gasteiger partial charge in [0.15, 0.2) is 0 Å². The van der Waals surface area contributed by atoms with Crippen LogP contribution in [0.1, 0.15) is 72.6 Å². The van der Waals surface area contributed by atoms with E-state index in [4.69, 9.17) is 5.73 Å². The first-order valence-corrected chi connectivity index (χ1v) is 6.91. The van der Waals surface area contributed by atoms with E-state index in [1.54, 1.807) is 0 Å². The van der Waals surface area contributed by atoms with Gasteiger partial charge in [0.2, 0.25) is 0 Å². The third-order valence-corrected chi connectivity index (χ3v) is 3.51. The fourth-order valence-corrected chi connectivity index (χ4v) is 2.45. The van der Waals surface area contributed by atoms with Crippen LogP contribution in [-0.2, 0) is 0 Å². The summed E-state index contributed by atoms with van der Waals surface area (Å²) >= 11 is 0. The number of unbranched alkanes of at least 4 members (excludes halogenated alkanes) is 1. The molecule has 0 aliphatic rings. The van der Waals surface area contributed by atoms with Crippen molar-refractivity contribution in [2.75, 3.05) is 0 Å². The van der Waals surface area contributed by atoms with Gasteiger partial charge in [-0.05, 0) is 24.7 Å². The highest BCUT2D eigenvalue weighted by atomic mass is 14.6. The number of hydrogen-bond acceptors (Lipinski definition) is 1. The third-order valence-electron chi connectivity index (χ3n) is 3.51. The molecule has 0 aromatic heterocycles. The van der Waals surface area contributed by atoms with Gasteiger partial charge in [0.1, 0.15) is 0 Å². The largest absolute Gasteiger partial charge is 0.327 e. The molecule has 0 saturated heterocycles. The van der Waals surface area contributed by atoms with Crippen molar-refractivity contribution in [1.82, 2.24) is 0 Å². The molecule has 3 atom stereocenters. The van der Waals surface area contributed by atoms with E-state index in [1.165, 1.54) is 44.9 Å². The molecular formula is C14H31N. The van der Waals surface area contributed by atoms with Crippen molar-refractivity contribution in [3.63, 3.8) is 0 Å². The number of rotatable bonds is 9. The van der Waals surface area contributed by atoms with E-state index in [0.29, 0.717) is 6.04 Å². The molecule has 92 valence electrons. The average molecular weight is 213 g/mol. The smallest absolute Gasteiger partial charge is 0.00695 e. The Balaban J connectivity index is 3.85. The van der Waals surface area contributed by atoms with Gasteiger partial charge in [-0.3, -0.25) is 0 Å². The van der Waals surface area contributed by atoms with Crippen molar-refractivity contribution in [2.45, 2.75) is 78.7 Å². The van der Waals surface area contributed by atoms with Gasteiger partial charge >= 0.3 is 0 Å². The summed E-state index contributed by atoms with van der Waals surface area (Å²) in [6.07, 6.45) is 9.06. The van der Waals surface area contributed by atoms with Crippen molar-refractivity contribution in [1.29, 1.82) is 0 Å². The first kappa shape index (κ1) is 15.0. The minimum atomic E-state index is 0.433. The zero-order valence-corrected chi connectivity index (χ0v) is 11.3.